The molecule has 168 valence electrons. The molecule has 2 heterocycles. The van der Waals surface area contributed by atoms with Gasteiger partial charge in [-0.2, -0.15) is 0 Å². The SMILES string of the molecule is C=C(C)c1nc(-c2c(F)ccc(NS(=O)(=O)c3cccc(F)c3)c2F)c(-c2ccncn2)s1. The number of hydrogen-bond acceptors (Lipinski definition) is 6. The highest BCUT2D eigenvalue weighted by molar-refractivity contribution is 7.92. The molecular formula is C22H15F3N4O2S2. The van der Waals surface area contributed by atoms with Gasteiger partial charge < -0.3 is 0 Å². The number of benzene rings is 2. The number of anilines is 1. The van der Waals surface area contributed by atoms with Crippen LogP contribution in [0.2, 0.25) is 0 Å². The smallest absolute Gasteiger partial charge is 0.262 e. The van der Waals surface area contributed by atoms with E-state index in [1.807, 2.05) is 0 Å². The summed E-state index contributed by atoms with van der Waals surface area (Å²) < 4.78 is 71.2. The third kappa shape index (κ3) is 4.50. The Morgan fingerprint density at radius 1 is 1.12 bits per heavy atom. The van der Waals surface area contributed by atoms with Gasteiger partial charge in [0.1, 0.15) is 23.0 Å². The van der Waals surface area contributed by atoms with Gasteiger partial charge in [-0.25, -0.2) is 36.5 Å². The summed E-state index contributed by atoms with van der Waals surface area (Å²) in [7, 11) is -4.35. The number of thiazole rings is 1. The van der Waals surface area contributed by atoms with E-state index in [0.29, 0.717) is 21.2 Å². The molecule has 11 heteroatoms. The van der Waals surface area contributed by atoms with E-state index in [-0.39, 0.29) is 5.69 Å². The molecule has 0 spiro atoms. The van der Waals surface area contributed by atoms with Crippen molar-refractivity contribution in [3.8, 4) is 21.8 Å². The van der Waals surface area contributed by atoms with Crippen LogP contribution in [0, 0.1) is 17.5 Å². The summed E-state index contributed by atoms with van der Waals surface area (Å²) in [6.45, 7) is 5.52. The molecule has 0 aliphatic heterocycles. The van der Waals surface area contributed by atoms with Gasteiger partial charge in [0.25, 0.3) is 10.0 Å². The Kier molecular flexibility index (Phi) is 6.00. The number of rotatable bonds is 6. The highest BCUT2D eigenvalue weighted by Crippen LogP contribution is 2.41. The van der Waals surface area contributed by atoms with Crippen LogP contribution in [0.4, 0.5) is 18.9 Å². The van der Waals surface area contributed by atoms with Crippen LogP contribution in [0.5, 0.6) is 0 Å². The van der Waals surface area contributed by atoms with Crippen molar-refractivity contribution in [2.24, 2.45) is 0 Å². The van der Waals surface area contributed by atoms with Gasteiger partial charge in [0.2, 0.25) is 0 Å². The molecule has 2 aromatic carbocycles. The standard InChI is InChI=1S/C22H15F3N4O2S2/c1-12(2)22-28-20(21(32-22)17-8-9-26-11-27-17)18-15(24)6-7-16(19(18)25)29-33(30,31)14-5-3-4-13(23)10-14/h3-11,29H,1H2,2H3. The normalized spacial score (nSPS) is 11.4. The zero-order valence-electron chi connectivity index (χ0n) is 17.0. The molecule has 0 aliphatic rings. The van der Waals surface area contributed by atoms with Gasteiger partial charge in [0.05, 0.1) is 32.4 Å². The molecule has 0 aliphatic carbocycles. The van der Waals surface area contributed by atoms with Crippen molar-refractivity contribution < 1.29 is 21.6 Å². The molecule has 0 unspecified atom stereocenters. The molecule has 0 saturated heterocycles. The van der Waals surface area contributed by atoms with Crippen molar-refractivity contribution in [2.45, 2.75) is 11.8 Å². The number of allylic oxidation sites excluding steroid dienone is 1. The molecule has 1 N–H and O–H groups in total. The lowest BCUT2D eigenvalue weighted by Crippen LogP contribution is -2.15. The van der Waals surface area contributed by atoms with E-state index in [4.69, 9.17) is 0 Å². The minimum absolute atomic E-state index is 0.0569. The summed E-state index contributed by atoms with van der Waals surface area (Å²) in [5, 5.41) is 0.433. The minimum Gasteiger partial charge on any atom is -0.277 e. The number of sulfonamides is 1. The summed E-state index contributed by atoms with van der Waals surface area (Å²) in [5.41, 5.74) is -0.153. The number of nitrogens with zero attached hydrogens (tertiary/aromatic N) is 3. The van der Waals surface area contributed by atoms with Crippen LogP contribution < -0.4 is 4.72 Å². The minimum atomic E-state index is -4.35. The quantitative estimate of drug-likeness (QED) is 0.386. The Hall–Kier alpha value is -3.57. The molecule has 4 rings (SSSR count). The lowest BCUT2D eigenvalue weighted by molar-refractivity contribution is 0.586. The van der Waals surface area contributed by atoms with Crippen molar-refractivity contribution in [3.63, 3.8) is 0 Å². The number of halogens is 3. The van der Waals surface area contributed by atoms with Crippen molar-refractivity contribution in [1.29, 1.82) is 0 Å². The van der Waals surface area contributed by atoms with Crippen LogP contribution in [0.15, 0.2) is 66.5 Å². The zero-order chi connectivity index (χ0) is 23.8. The van der Waals surface area contributed by atoms with Crippen molar-refractivity contribution in [2.75, 3.05) is 4.72 Å². The molecule has 2 aromatic heterocycles. The second-order valence-corrected chi connectivity index (χ2v) is 9.60. The molecule has 0 amide bonds. The van der Waals surface area contributed by atoms with Gasteiger partial charge >= 0.3 is 0 Å². The molecule has 33 heavy (non-hydrogen) atoms. The first kappa shape index (κ1) is 22.6. The third-order valence-electron chi connectivity index (χ3n) is 4.49. The number of nitrogens with one attached hydrogen (secondary N) is 1. The number of aromatic nitrogens is 3. The Morgan fingerprint density at radius 3 is 2.58 bits per heavy atom. The van der Waals surface area contributed by atoms with E-state index >= 15 is 4.39 Å². The summed E-state index contributed by atoms with van der Waals surface area (Å²) >= 11 is 1.14. The van der Waals surface area contributed by atoms with Crippen LogP contribution >= 0.6 is 11.3 Å². The van der Waals surface area contributed by atoms with E-state index in [9.17, 15) is 17.2 Å². The molecule has 0 fully saturated rings. The van der Waals surface area contributed by atoms with Crippen molar-refractivity contribution in [1.82, 2.24) is 15.0 Å². The van der Waals surface area contributed by atoms with Crippen LogP contribution in [0.25, 0.3) is 27.4 Å². The fourth-order valence-electron chi connectivity index (χ4n) is 2.96. The molecule has 0 bridgehead atoms. The van der Waals surface area contributed by atoms with Crippen LogP contribution in [0.1, 0.15) is 11.9 Å². The monoisotopic (exact) mass is 488 g/mol. The topological polar surface area (TPSA) is 84.8 Å². The Bertz CT molecular complexity index is 1470. The predicted octanol–water partition coefficient (Wildman–Crippen LogP) is 5.52. The van der Waals surface area contributed by atoms with Gasteiger partial charge in [-0.1, -0.05) is 12.6 Å². The zero-order valence-corrected chi connectivity index (χ0v) is 18.6. The molecule has 4 aromatic rings. The van der Waals surface area contributed by atoms with E-state index in [1.165, 1.54) is 18.6 Å². The maximum atomic E-state index is 15.5. The van der Waals surface area contributed by atoms with Gasteiger partial charge in [-0.3, -0.25) is 4.72 Å². The molecule has 0 saturated carbocycles. The molecule has 6 nitrogen and oxygen atoms in total. The first-order valence-electron chi connectivity index (χ1n) is 9.37. The average Bonchev–Trinajstić information content (AvgIpc) is 3.22. The Labute approximate surface area is 191 Å². The third-order valence-corrected chi connectivity index (χ3v) is 7.09. The Balaban J connectivity index is 1.86. The molecular weight excluding hydrogens is 473 g/mol. The fourth-order valence-corrected chi connectivity index (χ4v) is 5.02. The van der Waals surface area contributed by atoms with Gasteiger partial charge in [0.15, 0.2) is 5.82 Å². The summed E-state index contributed by atoms with van der Waals surface area (Å²) in [4.78, 5) is 12.3. The number of hydrogen-bond donors (Lipinski definition) is 1. The average molecular weight is 489 g/mol. The fraction of sp³-hybridized carbons (Fsp3) is 0.0455. The van der Waals surface area contributed by atoms with Crippen LogP contribution in [0.3, 0.4) is 0 Å². The van der Waals surface area contributed by atoms with Crippen LogP contribution in [-0.4, -0.2) is 23.4 Å². The summed E-state index contributed by atoms with van der Waals surface area (Å²) in [6, 6.07) is 7.65. The molecule has 0 radical (unpaired) electrons. The second kappa shape index (κ2) is 8.75. The highest BCUT2D eigenvalue weighted by Gasteiger charge is 2.26. The summed E-state index contributed by atoms with van der Waals surface area (Å²) in [6.07, 6.45) is 2.76. The summed E-state index contributed by atoms with van der Waals surface area (Å²) in [5.74, 6) is -2.90. The van der Waals surface area contributed by atoms with E-state index in [2.05, 4.69) is 26.3 Å². The largest absolute Gasteiger partial charge is 0.277 e. The van der Waals surface area contributed by atoms with Crippen molar-refractivity contribution in [3.05, 3.63) is 84.0 Å². The first-order valence-corrected chi connectivity index (χ1v) is 11.7. The van der Waals surface area contributed by atoms with Gasteiger partial charge in [0, 0.05) is 6.20 Å². The van der Waals surface area contributed by atoms with Gasteiger partial charge in [-0.05, 0) is 48.9 Å². The first-order chi connectivity index (χ1) is 15.7. The lowest BCUT2D eigenvalue weighted by Gasteiger charge is -2.12. The maximum absolute atomic E-state index is 15.5. The lowest BCUT2D eigenvalue weighted by atomic mass is 10.1. The Morgan fingerprint density at radius 2 is 1.91 bits per heavy atom. The molecule has 0 atom stereocenters. The second-order valence-electron chi connectivity index (χ2n) is 6.92. The maximum Gasteiger partial charge on any atom is 0.262 e. The van der Waals surface area contributed by atoms with Crippen molar-refractivity contribution >= 4 is 32.6 Å². The van der Waals surface area contributed by atoms with E-state index < -0.39 is 43.6 Å². The van der Waals surface area contributed by atoms with E-state index in [0.717, 1.165) is 41.7 Å². The predicted molar refractivity (Wildman–Crippen MR) is 120 cm³/mol. The van der Waals surface area contributed by atoms with E-state index in [1.54, 1.807) is 13.0 Å². The highest BCUT2D eigenvalue weighted by atomic mass is 32.2. The van der Waals surface area contributed by atoms with Gasteiger partial charge in [-0.15, -0.1) is 11.3 Å². The van der Waals surface area contributed by atoms with Crippen LogP contribution in [-0.2, 0) is 10.0 Å².